The van der Waals surface area contributed by atoms with Crippen LogP contribution in [0.3, 0.4) is 0 Å². The van der Waals surface area contributed by atoms with Crippen molar-refractivity contribution in [2.45, 2.75) is 6.92 Å². The minimum atomic E-state index is -0.616. The van der Waals surface area contributed by atoms with Crippen LogP contribution in [0, 0.1) is 18.6 Å². The summed E-state index contributed by atoms with van der Waals surface area (Å²) in [4.78, 5) is 11.9. The monoisotopic (exact) mass is 281 g/mol. The van der Waals surface area contributed by atoms with Crippen LogP contribution in [-0.4, -0.2) is 5.91 Å². The van der Waals surface area contributed by atoms with Gasteiger partial charge in [-0.05, 0) is 48.9 Å². The second-order valence-corrected chi connectivity index (χ2v) is 4.45. The predicted octanol–water partition coefficient (Wildman–Crippen LogP) is 4.18. The molecule has 1 amide bonds. The number of anilines is 1. The van der Waals surface area contributed by atoms with E-state index in [9.17, 15) is 13.6 Å². The van der Waals surface area contributed by atoms with Gasteiger partial charge in [-0.15, -0.1) is 0 Å². The van der Waals surface area contributed by atoms with E-state index in [4.69, 9.17) is 11.6 Å². The fourth-order valence-electron chi connectivity index (χ4n) is 1.56. The van der Waals surface area contributed by atoms with E-state index in [2.05, 4.69) is 5.32 Å². The van der Waals surface area contributed by atoms with Crippen molar-refractivity contribution in [1.82, 2.24) is 0 Å². The molecule has 98 valence electrons. The van der Waals surface area contributed by atoms with Crippen molar-refractivity contribution in [2.75, 3.05) is 5.32 Å². The van der Waals surface area contributed by atoms with Crippen LogP contribution < -0.4 is 5.32 Å². The van der Waals surface area contributed by atoms with Gasteiger partial charge in [0.15, 0.2) is 0 Å². The molecule has 2 aromatic rings. The number of carbonyl (C=O) groups is 1. The highest BCUT2D eigenvalue weighted by atomic mass is 35.5. The molecule has 0 radical (unpaired) electrons. The molecule has 0 bridgehead atoms. The molecule has 0 heterocycles. The molecule has 0 aliphatic rings. The van der Waals surface area contributed by atoms with Gasteiger partial charge in [0.2, 0.25) is 0 Å². The molecule has 0 atom stereocenters. The summed E-state index contributed by atoms with van der Waals surface area (Å²) in [5.74, 6) is -1.44. The smallest absolute Gasteiger partial charge is 0.255 e. The number of benzene rings is 2. The van der Waals surface area contributed by atoms with Gasteiger partial charge in [0.05, 0.1) is 5.02 Å². The highest BCUT2D eigenvalue weighted by molar-refractivity contribution is 6.30. The second-order valence-electron chi connectivity index (χ2n) is 4.05. The Morgan fingerprint density at radius 1 is 1.11 bits per heavy atom. The van der Waals surface area contributed by atoms with Crippen LogP contribution in [0.2, 0.25) is 5.02 Å². The third kappa shape index (κ3) is 3.09. The molecule has 2 aromatic carbocycles. The molecule has 1 N–H and O–H groups in total. The lowest BCUT2D eigenvalue weighted by Gasteiger charge is -2.07. The van der Waals surface area contributed by atoms with Crippen molar-refractivity contribution >= 4 is 23.2 Å². The average Bonchev–Trinajstić information content (AvgIpc) is 2.37. The number of amides is 1. The van der Waals surface area contributed by atoms with Gasteiger partial charge >= 0.3 is 0 Å². The molecule has 2 rings (SSSR count). The summed E-state index contributed by atoms with van der Waals surface area (Å²) in [7, 11) is 0. The molecular weight excluding hydrogens is 272 g/mol. The minimum Gasteiger partial charge on any atom is -0.322 e. The molecule has 0 unspecified atom stereocenters. The topological polar surface area (TPSA) is 29.1 Å². The third-order valence-corrected chi connectivity index (χ3v) is 2.90. The maximum absolute atomic E-state index is 13.2. The van der Waals surface area contributed by atoms with Crippen molar-refractivity contribution in [3.8, 4) is 0 Å². The summed E-state index contributed by atoms with van der Waals surface area (Å²) in [5.41, 5.74) is 0.957. The van der Waals surface area contributed by atoms with Crippen LogP contribution in [-0.2, 0) is 0 Å². The standard InChI is InChI=1S/C14H10ClF2NO/c1-8-6-9(2-5-12(8)16)14(19)18-10-3-4-11(15)13(17)7-10/h2-7H,1H3,(H,18,19). The number of nitrogens with one attached hydrogen (secondary N) is 1. The summed E-state index contributed by atoms with van der Waals surface area (Å²) >= 11 is 5.54. The first-order valence-electron chi connectivity index (χ1n) is 5.50. The molecule has 19 heavy (non-hydrogen) atoms. The quantitative estimate of drug-likeness (QED) is 0.879. The highest BCUT2D eigenvalue weighted by Gasteiger charge is 2.09. The van der Waals surface area contributed by atoms with Crippen LogP contribution in [0.25, 0.3) is 0 Å². The maximum Gasteiger partial charge on any atom is 0.255 e. The predicted molar refractivity (Wildman–Crippen MR) is 70.5 cm³/mol. The summed E-state index contributed by atoms with van der Waals surface area (Å²) in [5, 5.41) is 2.49. The molecule has 0 saturated carbocycles. The number of hydrogen-bond acceptors (Lipinski definition) is 1. The van der Waals surface area contributed by atoms with Crippen molar-refractivity contribution in [2.24, 2.45) is 0 Å². The SMILES string of the molecule is Cc1cc(C(=O)Nc2ccc(Cl)c(F)c2)ccc1F. The highest BCUT2D eigenvalue weighted by Crippen LogP contribution is 2.19. The van der Waals surface area contributed by atoms with E-state index >= 15 is 0 Å². The lowest BCUT2D eigenvalue weighted by Crippen LogP contribution is -2.12. The number of aryl methyl sites for hydroxylation is 1. The van der Waals surface area contributed by atoms with Gasteiger partial charge in [0, 0.05) is 11.3 Å². The van der Waals surface area contributed by atoms with Gasteiger partial charge in [-0.25, -0.2) is 8.78 Å². The van der Waals surface area contributed by atoms with E-state index in [1.54, 1.807) is 6.92 Å². The zero-order chi connectivity index (χ0) is 14.0. The zero-order valence-electron chi connectivity index (χ0n) is 10.0. The molecule has 2 nitrogen and oxygen atoms in total. The fourth-order valence-corrected chi connectivity index (χ4v) is 1.68. The molecule has 0 fully saturated rings. The van der Waals surface area contributed by atoms with Gasteiger partial charge < -0.3 is 5.32 Å². The first kappa shape index (κ1) is 13.5. The number of carbonyl (C=O) groups excluding carboxylic acids is 1. The first-order chi connectivity index (χ1) is 8.97. The van der Waals surface area contributed by atoms with Crippen LogP contribution in [0.15, 0.2) is 36.4 Å². The minimum absolute atomic E-state index is 0.0179. The van der Waals surface area contributed by atoms with E-state index in [1.165, 1.54) is 30.3 Å². The Balaban J connectivity index is 2.20. The van der Waals surface area contributed by atoms with E-state index in [-0.39, 0.29) is 16.5 Å². The van der Waals surface area contributed by atoms with Gasteiger partial charge in [-0.3, -0.25) is 4.79 Å². The Bertz CT molecular complexity index is 643. The molecule has 0 aromatic heterocycles. The fraction of sp³-hybridized carbons (Fsp3) is 0.0714. The third-order valence-electron chi connectivity index (χ3n) is 2.60. The van der Waals surface area contributed by atoms with Gasteiger partial charge in [0.25, 0.3) is 5.91 Å². The van der Waals surface area contributed by atoms with Crippen molar-refractivity contribution in [3.63, 3.8) is 0 Å². The Labute approximate surface area is 114 Å². The van der Waals surface area contributed by atoms with Gasteiger partial charge in [-0.2, -0.15) is 0 Å². The van der Waals surface area contributed by atoms with Crippen LogP contribution in [0.5, 0.6) is 0 Å². The normalized spacial score (nSPS) is 10.3. The van der Waals surface area contributed by atoms with Gasteiger partial charge in [-0.1, -0.05) is 11.6 Å². The summed E-state index contributed by atoms with van der Waals surface area (Å²) in [6, 6.07) is 7.96. The zero-order valence-corrected chi connectivity index (χ0v) is 10.8. The lowest BCUT2D eigenvalue weighted by molar-refractivity contribution is 0.102. The Morgan fingerprint density at radius 3 is 2.47 bits per heavy atom. The first-order valence-corrected chi connectivity index (χ1v) is 5.88. The number of hydrogen-bond donors (Lipinski definition) is 1. The van der Waals surface area contributed by atoms with E-state index < -0.39 is 11.7 Å². The summed E-state index contributed by atoms with van der Waals surface area (Å²) < 4.78 is 26.3. The maximum atomic E-state index is 13.2. The Hall–Kier alpha value is -1.94. The number of rotatable bonds is 2. The van der Waals surface area contributed by atoms with Crippen LogP contribution in [0.4, 0.5) is 14.5 Å². The molecule has 0 saturated heterocycles. The van der Waals surface area contributed by atoms with Crippen LogP contribution in [0.1, 0.15) is 15.9 Å². The summed E-state index contributed by atoms with van der Waals surface area (Å²) in [6.07, 6.45) is 0. The molecular formula is C14H10ClF2NO. The second kappa shape index (κ2) is 5.36. The van der Waals surface area contributed by atoms with Crippen molar-refractivity contribution in [3.05, 3.63) is 64.2 Å². The Kier molecular flexibility index (Phi) is 3.81. The van der Waals surface area contributed by atoms with E-state index in [0.717, 1.165) is 6.07 Å². The van der Waals surface area contributed by atoms with Crippen LogP contribution >= 0.6 is 11.6 Å². The van der Waals surface area contributed by atoms with E-state index in [0.29, 0.717) is 11.1 Å². The lowest BCUT2D eigenvalue weighted by atomic mass is 10.1. The van der Waals surface area contributed by atoms with Crippen molar-refractivity contribution < 1.29 is 13.6 Å². The van der Waals surface area contributed by atoms with Crippen molar-refractivity contribution in [1.29, 1.82) is 0 Å². The molecule has 0 aliphatic carbocycles. The Morgan fingerprint density at radius 2 is 1.84 bits per heavy atom. The average molecular weight is 282 g/mol. The summed E-state index contributed by atoms with van der Waals surface area (Å²) in [6.45, 7) is 1.56. The van der Waals surface area contributed by atoms with E-state index in [1.807, 2.05) is 0 Å². The molecule has 5 heteroatoms. The molecule has 0 spiro atoms. The molecule has 0 aliphatic heterocycles. The number of halogens is 3. The van der Waals surface area contributed by atoms with Gasteiger partial charge in [0.1, 0.15) is 11.6 Å². The largest absolute Gasteiger partial charge is 0.322 e.